The largest absolute Gasteiger partial charge is 0.338 e. The number of carbonyl (C=O) groups is 1. The number of Topliss-reactive ketones (excluding diaryl/α,β-unsaturated/α-hetero) is 1. The molecule has 0 radical (unpaired) electrons. The smallest absolute Gasteiger partial charge is 0.266 e. The van der Waals surface area contributed by atoms with Gasteiger partial charge in [0.2, 0.25) is 5.89 Å². The van der Waals surface area contributed by atoms with Gasteiger partial charge in [-0.05, 0) is 31.3 Å². The van der Waals surface area contributed by atoms with Gasteiger partial charge in [0, 0.05) is 19.5 Å². The molecule has 0 saturated carbocycles. The molecule has 17 heavy (non-hydrogen) atoms. The SMILES string of the molecule is CCC(=O)C(C)c1nc(N2CCCCC2)no1. The first-order valence-electron chi connectivity index (χ1n) is 6.33. The highest BCUT2D eigenvalue weighted by Crippen LogP contribution is 2.21. The third-order valence-corrected chi connectivity index (χ3v) is 3.27. The molecule has 1 atom stereocenters. The molecule has 0 bridgehead atoms. The van der Waals surface area contributed by atoms with Gasteiger partial charge in [0.05, 0.1) is 5.92 Å². The summed E-state index contributed by atoms with van der Waals surface area (Å²) in [4.78, 5) is 18.0. The van der Waals surface area contributed by atoms with Crippen LogP contribution in [0, 0.1) is 0 Å². The van der Waals surface area contributed by atoms with Crippen LogP contribution in [-0.4, -0.2) is 29.0 Å². The van der Waals surface area contributed by atoms with Crippen molar-refractivity contribution in [1.29, 1.82) is 0 Å². The van der Waals surface area contributed by atoms with Crippen LogP contribution in [0.25, 0.3) is 0 Å². The molecule has 2 rings (SSSR count). The Kier molecular flexibility index (Phi) is 3.76. The number of rotatable bonds is 4. The second kappa shape index (κ2) is 5.29. The van der Waals surface area contributed by atoms with Gasteiger partial charge in [-0.15, -0.1) is 0 Å². The van der Waals surface area contributed by atoms with Gasteiger partial charge in [0.1, 0.15) is 5.78 Å². The first kappa shape index (κ1) is 12.1. The van der Waals surface area contributed by atoms with Crippen LogP contribution in [0.4, 0.5) is 5.95 Å². The van der Waals surface area contributed by atoms with E-state index < -0.39 is 0 Å². The Labute approximate surface area is 101 Å². The van der Waals surface area contributed by atoms with Crippen LogP contribution in [0.2, 0.25) is 0 Å². The van der Waals surface area contributed by atoms with Crippen molar-refractivity contribution >= 4 is 11.7 Å². The predicted molar refractivity (Wildman–Crippen MR) is 64.1 cm³/mol. The quantitative estimate of drug-likeness (QED) is 0.803. The molecule has 1 aliphatic heterocycles. The Morgan fingerprint density at radius 2 is 2.12 bits per heavy atom. The van der Waals surface area contributed by atoms with Crippen molar-refractivity contribution in [3.8, 4) is 0 Å². The maximum absolute atomic E-state index is 11.6. The molecule has 0 N–H and O–H groups in total. The summed E-state index contributed by atoms with van der Waals surface area (Å²) in [6, 6.07) is 0. The van der Waals surface area contributed by atoms with Crippen molar-refractivity contribution in [2.75, 3.05) is 18.0 Å². The lowest BCUT2D eigenvalue weighted by atomic mass is 10.1. The second-order valence-electron chi connectivity index (χ2n) is 4.52. The van der Waals surface area contributed by atoms with Crippen molar-refractivity contribution in [3.63, 3.8) is 0 Å². The molecule has 1 fully saturated rings. The lowest BCUT2D eigenvalue weighted by molar-refractivity contribution is -0.120. The van der Waals surface area contributed by atoms with Crippen molar-refractivity contribution in [2.45, 2.75) is 45.4 Å². The molecule has 1 aliphatic rings. The number of nitrogens with zero attached hydrogens (tertiary/aromatic N) is 3. The number of carbonyl (C=O) groups excluding carboxylic acids is 1. The lowest BCUT2D eigenvalue weighted by Crippen LogP contribution is -2.30. The normalized spacial score (nSPS) is 18.1. The summed E-state index contributed by atoms with van der Waals surface area (Å²) in [5.74, 6) is 0.928. The first-order valence-corrected chi connectivity index (χ1v) is 6.33. The fourth-order valence-corrected chi connectivity index (χ4v) is 2.07. The van der Waals surface area contributed by atoms with Crippen LogP contribution in [0.15, 0.2) is 4.52 Å². The van der Waals surface area contributed by atoms with E-state index in [-0.39, 0.29) is 11.7 Å². The van der Waals surface area contributed by atoms with E-state index in [4.69, 9.17) is 4.52 Å². The van der Waals surface area contributed by atoms with Crippen LogP contribution < -0.4 is 4.90 Å². The number of anilines is 1. The highest BCUT2D eigenvalue weighted by Gasteiger charge is 2.22. The van der Waals surface area contributed by atoms with Crippen LogP contribution in [0.3, 0.4) is 0 Å². The summed E-state index contributed by atoms with van der Waals surface area (Å²) < 4.78 is 5.18. The molecule has 0 amide bonds. The number of piperidine rings is 1. The average molecular weight is 237 g/mol. The van der Waals surface area contributed by atoms with E-state index >= 15 is 0 Å². The predicted octanol–water partition coefficient (Wildman–Crippen LogP) is 2.14. The van der Waals surface area contributed by atoms with E-state index in [1.807, 2.05) is 13.8 Å². The zero-order chi connectivity index (χ0) is 12.3. The minimum atomic E-state index is -0.286. The number of ketones is 1. The molecule has 0 aromatic carbocycles. The van der Waals surface area contributed by atoms with E-state index in [0.29, 0.717) is 18.3 Å². The van der Waals surface area contributed by atoms with Crippen LogP contribution in [0.1, 0.15) is 51.3 Å². The topological polar surface area (TPSA) is 59.2 Å². The van der Waals surface area contributed by atoms with Gasteiger partial charge in [0.15, 0.2) is 0 Å². The summed E-state index contributed by atoms with van der Waals surface area (Å²) >= 11 is 0. The van der Waals surface area contributed by atoms with Gasteiger partial charge in [-0.1, -0.05) is 6.92 Å². The monoisotopic (exact) mass is 237 g/mol. The minimum Gasteiger partial charge on any atom is -0.338 e. The molecule has 1 aromatic rings. The van der Waals surface area contributed by atoms with E-state index in [1.54, 1.807) is 0 Å². The van der Waals surface area contributed by atoms with E-state index in [2.05, 4.69) is 15.0 Å². The van der Waals surface area contributed by atoms with Crippen LogP contribution >= 0.6 is 0 Å². The van der Waals surface area contributed by atoms with Crippen molar-refractivity contribution in [3.05, 3.63) is 5.89 Å². The standard InChI is InChI=1S/C12H19N3O2/c1-3-10(16)9(2)11-13-12(14-17-11)15-7-5-4-6-8-15/h9H,3-8H2,1-2H3. The second-order valence-corrected chi connectivity index (χ2v) is 4.52. The molecule has 1 saturated heterocycles. The fraction of sp³-hybridized carbons (Fsp3) is 0.750. The van der Waals surface area contributed by atoms with Gasteiger partial charge in [0.25, 0.3) is 5.95 Å². The highest BCUT2D eigenvalue weighted by atomic mass is 16.5. The zero-order valence-electron chi connectivity index (χ0n) is 10.5. The van der Waals surface area contributed by atoms with E-state index in [0.717, 1.165) is 13.1 Å². The Morgan fingerprint density at radius 1 is 1.41 bits per heavy atom. The first-order chi connectivity index (χ1) is 8.22. The van der Waals surface area contributed by atoms with Crippen LogP contribution in [0.5, 0.6) is 0 Å². The molecular formula is C12H19N3O2. The summed E-state index contributed by atoms with van der Waals surface area (Å²) in [6.45, 7) is 5.63. The molecule has 1 unspecified atom stereocenters. The maximum Gasteiger partial charge on any atom is 0.266 e. The molecule has 0 spiro atoms. The molecular weight excluding hydrogens is 218 g/mol. The number of hydrogen-bond acceptors (Lipinski definition) is 5. The van der Waals surface area contributed by atoms with Crippen molar-refractivity contribution < 1.29 is 9.32 Å². The van der Waals surface area contributed by atoms with Gasteiger partial charge in [-0.2, -0.15) is 4.98 Å². The van der Waals surface area contributed by atoms with Crippen molar-refractivity contribution in [2.24, 2.45) is 0 Å². The average Bonchev–Trinajstić information content (AvgIpc) is 2.87. The summed E-state index contributed by atoms with van der Waals surface area (Å²) in [5.41, 5.74) is 0. The number of hydrogen-bond donors (Lipinski definition) is 0. The fourth-order valence-electron chi connectivity index (χ4n) is 2.07. The minimum absolute atomic E-state index is 0.138. The van der Waals surface area contributed by atoms with Gasteiger partial charge < -0.3 is 9.42 Å². The van der Waals surface area contributed by atoms with E-state index in [9.17, 15) is 4.79 Å². The lowest BCUT2D eigenvalue weighted by Gasteiger charge is -2.24. The molecule has 1 aromatic heterocycles. The summed E-state index contributed by atoms with van der Waals surface area (Å²) in [7, 11) is 0. The Balaban J connectivity index is 2.06. The molecule has 5 heteroatoms. The van der Waals surface area contributed by atoms with E-state index in [1.165, 1.54) is 19.3 Å². The van der Waals surface area contributed by atoms with Gasteiger partial charge in [-0.3, -0.25) is 4.79 Å². The molecule has 0 aliphatic carbocycles. The van der Waals surface area contributed by atoms with Crippen molar-refractivity contribution in [1.82, 2.24) is 10.1 Å². The molecule has 5 nitrogen and oxygen atoms in total. The number of aromatic nitrogens is 2. The van der Waals surface area contributed by atoms with Gasteiger partial charge in [-0.25, -0.2) is 0 Å². The molecule has 2 heterocycles. The Bertz CT molecular complexity index is 383. The van der Waals surface area contributed by atoms with Crippen LogP contribution in [-0.2, 0) is 4.79 Å². The summed E-state index contributed by atoms with van der Waals surface area (Å²) in [6.07, 6.45) is 4.12. The third-order valence-electron chi connectivity index (χ3n) is 3.27. The highest BCUT2D eigenvalue weighted by molar-refractivity contribution is 5.84. The summed E-state index contributed by atoms with van der Waals surface area (Å²) in [5, 5.41) is 3.97. The molecule has 94 valence electrons. The Morgan fingerprint density at radius 3 is 2.76 bits per heavy atom. The zero-order valence-corrected chi connectivity index (χ0v) is 10.5. The van der Waals surface area contributed by atoms with Gasteiger partial charge >= 0.3 is 0 Å². The maximum atomic E-state index is 11.6. The third kappa shape index (κ3) is 2.65. The Hall–Kier alpha value is -1.39.